The van der Waals surface area contributed by atoms with Crippen molar-refractivity contribution in [2.75, 3.05) is 5.32 Å². The number of aromatic nitrogens is 2. The van der Waals surface area contributed by atoms with E-state index in [0.29, 0.717) is 5.82 Å². The molecule has 1 aromatic heterocycles. The molecule has 1 heterocycles. The van der Waals surface area contributed by atoms with Gasteiger partial charge < -0.3 is 10.1 Å². The molecule has 0 saturated carbocycles. The van der Waals surface area contributed by atoms with Crippen LogP contribution in [0, 0.1) is 0 Å². The highest BCUT2D eigenvalue weighted by atomic mass is 19.3. The predicted octanol–water partition coefficient (Wildman–Crippen LogP) is 2.26. The lowest BCUT2D eigenvalue weighted by molar-refractivity contribution is -0.0498. The molecule has 2 aromatic rings. The summed E-state index contributed by atoms with van der Waals surface area (Å²) in [4.78, 5) is 11.7. The number of amides is 1. The lowest BCUT2D eigenvalue weighted by Gasteiger charge is -2.06. The molecule has 7 heteroatoms. The highest BCUT2D eigenvalue weighted by Crippen LogP contribution is 2.16. The number of halogens is 2. The third kappa shape index (κ3) is 3.03. The average Bonchev–Trinajstić information content (AvgIpc) is 2.81. The number of ether oxygens (including phenoxy) is 1. The van der Waals surface area contributed by atoms with E-state index in [2.05, 4.69) is 20.3 Å². The molecular formula is C11H9F2N3O2. The third-order valence-electron chi connectivity index (χ3n) is 2.07. The minimum absolute atomic E-state index is 0.0674. The van der Waals surface area contributed by atoms with Gasteiger partial charge in [-0.25, -0.2) is 0 Å². The molecular weight excluding hydrogens is 244 g/mol. The number of nitrogens with one attached hydrogen (secondary N) is 2. The second kappa shape index (κ2) is 5.26. The Bertz CT molecular complexity index is 529. The molecule has 2 N–H and O–H groups in total. The van der Waals surface area contributed by atoms with Crippen molar-refractivity contribution >= 4 is 11.7 Å². The van der Waals surface area contributed by atoms with Gasteiger partial charge in [-0.05, 0) is 18.2 Å². The molecule has 0 spiro atoms. The van der Waals surface area contributed by atoms with Crippen molar-refractivity contribution in [2.24, 2.45) is 0 Å². The summed E-state index contributed by atoms with van der Waals surface area (Å²) >= 11 is 0. The summed E-state index contributed by atoms with van der Waals surface area (Å²) in [5.74, 6) is -0.0959. The smallest absolute Gasteiger partial charge is 0.387 e. The van der Waals surface area contributed by atoms with Crippen LogP contribution in [0.15, 0.2) is 36.5 Å². The second-order valence-corrected chi connectivity index (χ2v) is 3.33. The van der Waals surface area contributed by atoms with Crippen LogP contribution in [-0.2, 0) is 0 Å². The zero-order chi connectivity index (χ0) is 13.0. The van der Waals surface area contributed by atoms with Gasteiger partial charge in [-0.2, -0.15) is 13.9 Å². The predicted molar refractivity (Wildman–Crippen MR) is 59.6 cm³/mol. The highest BCUT2D eigenvalue weighted by molar-refractivity contribution is 6.03. The molecule has 0 atom stereocenters. The van der Waals surface area contributed by atoms with Gasteiger partial charge in [0.15, 0.2) is 0 Å². The van der Waals surface area contributed by atoms with Crippen molar-refractivity contribution in [1.82, 2.24) is 10.2 Å². The number of anilines is 1. The van der Waals surface area contributed by atoms with Gasteiger partial charge in [0.05, 0.1) is 6.20 Å². The quantitative estimate of drug-likeness (QED) is 0.878. The Kier molecular flexibility index (Phi) is 3.52. The van der Waals surface area contributed by atoms with Crippen LogP contribution < -0.4 is 10.1 Å². The van der Waals surface area contributed by atoms with Gasteiger partial charge in [0.1, 0.15) is 11.6 Å². The first-order valence-electron chi connectivity index (χ1n) is 5.01. The highest BCUT2D eigenvalue weighted by Gasteiger charge is 2.10. The fraction of sp³-hybridized carbons (Fsp3) is 0.0909. The van der Waals surface area contributed by atoms with E-state index >= 15 is 0 Å². The van der Waals surface area contributed by atoms with Crippen LogP contribution in [0.25, 0.3) is 0 Å². The fourth-order valence-electron chi connectivity index (χ4n) is 1.33. The summed E-state index contributed by atoms with van der Waals surface area (Å²) in [6, 6.07) is 7.10. The zero-order valence-corrected chi connectivity index (χ0v) is 9.06. The van der Waals surface area contributed by atoms with E-state index < -0.39 is 12.5 Å². The topological polar surface area (TPSA) is 67.0 Å². The normalized spacial score (nSPS) is 10.4. The van der Waals surface area contributed by atoms with E-state index in [1.54, 1.807) is 6.07 Å². The standard InChI is InChI=1S/C11H9F2N3O2/c12-11(13)18-8-3-1-2-7(6-8)10(17)15-9-4-5-14-16-9/h1-6,11H,(H2,14,15,16,17). The first kappa shape index (κ1) is 12.0. The SMILES string of the molecule is O=C(Nc1ccn[nH]1)c1cccc(OC(F)F)c1. The van der Waals surface area contributed by atoms with Gasteiger partial charge in [-0.15, -0.1) is 0 Å². The minimum Gasteiger partial charge on any atom is -0.435 e. The molecule has 0 aliphatic carbocycles. The second-order valence-electron chi connectivity index (χ2n) is 3.33. The van der Waals surface area contributed by atoms with E-state index in [4.69, 9.17) is 0 Å². The summed E-state index contributed by atoms with van der Waals surface area (Å²) in [6.07, 6.45) is 1.48. The number of hydrogen-bond donors (Lipinski definition) is 2. The molecule has 0 unspecified atom stereocenters. The molecule has 0 saturated heterocycles. The summed E-state index contributed by atoms with van der Waals surface area (Å²) < 4.78 is 28.3. The lowest BCUT2D eigenvalue weighted by atomic mass is 10.2. The molecule has 18 heavy (non-hydrogen) atoms. The van der Waals surface area contributed by atoms with Gasteiger partial charge in [-0.3, -0.25) is 9.89 Å². The summed E-state index contributed by atoms with van der Waals surface area (Å²) in [5, 5.41) is 8.73. The minimum atomic E-state index is -2.92. The van der Waals surface area contributed by atoms with Crippen molar-refractivity contribution in [1.29, 1.82) is 0 Å². The van der Waals surface area contributed by atoms with Crippen LogP contribution in [-0.4, -0.2) is 22.7 Å². The van der Waals surface area contributed by atoms with Crippen molar-refractivity contribution < 1.29 is 18.3 Å². The van der Waals surface area contributed by atoms with Gasteiger partial charge in [0, 0.05) is 11.6 Å². The Hall–Kier alpha value is -2.44. The lowest BCUT2D eigenvalue weighted by Crippen LogP contribution is -2.12. The van der Waals surface area contributed by atoms with E-state index in [0.717, 1.165) is 0 Å². The van der Waals surface area contributed by atoms with Crippen molar-refractivity contribution in [3.63, 3.8) is 0 Å². The molecule has 0 aliphatic heterocycles. The summed E-state index contributed by atoms with van der Waals surface area (Å²) in [6.45, 7) is -2.92. The third-order valence-corrected chi connectivity index (χ3v) is 2.07. The molecule has 2 rings (SSSR count). The average molecular weight is 253 g/mol. The van der Waals surface area contributed by atoms with E-state index in [1.807, 2.05) is 0 Å². The molecule has 0 aliphatic rings. The molecule has 0 bridgehead atoms. The van der Waals surface area contributed by atoms with Gasteiger partial charge >= 0.3 is 6.61 Å². The van der Waals surface area contributed by atoms with Crippen molar-refractivity contribution in [2.45, 2.75) is 6.61 Å². The van der Waals surface area contributed by atoms with Crippen LogP contribution in [0.3, 0.4) is 0 Å². The molecule has 5 nitrogen and oxygen atoms in total. The number of carbonyl (C=O) groups excluding carboxylic acids is 1. The number of benzene rings is 1. The largest absolute Gasteiger partial charge is 0.435 e. The van der Waals surface area contributed by atoms with Crippen LogP contribution in [0.5, 0.6) is 5.75 Å². The molecule has 0 radical (unpaired) electrons. The Morgan fingerprint density at radius 2 is 2.22 bits per heavy atom. The number of alkyl halides is 2. The number of hydrogen-bond acceptors (Lipinski definition) is 3. The van der Waals surface area contributed by atoms with Gasteiger partial charge in [-0.1, -0.05) is 6.07 Å². The Morgan fingerprint density at radius 1 is 1.39 bits per heavy atom. The van der Waals surface area contributed by atoms with E-state index in [-0.39, 0.29) is 11.3 Å². The zero-order valence-electron chi connectivity index (χ0n) is 9.06. The number of rotatable bonds is 4. The van der Waals surface area contributed by atoms with Crippen LogP contribution in [0.1, 0.15) is 10.4 Å². The van der Waals surface area contributed by atoms with Crippen LogP contribution in [0.2, 0.25) is 0 Å². The Morgan fingerprint density at radius 3 is 2.89 bits per heavy atom. The maximum Gasteiger partial charge on any atom is 0.387 e. The molecule has 94 valence electrons. The maximum absolute atomic E-state index is 12.0. The molecule has 1 amide bonds. The fourth-order valence-corrected chi connectivity index (χ4v) is 1.33. The Balaban J connectivity index is 2.10. The number of H-pyrrole nitrogens is 1. The molecule has 1 aromatic carbocycles. The summed E-state index contributed by atoms with van der Waals surface area (Å²) in [5.41, 5.74) is 0.211. The van der Waals surface area contributed by atoms with Crippen molar-refractivity contribution in [3.05, 3.63) is 42.1 Å². The first-order valence-corrected chi connectivity index (χ1v) is 5.01. The number of aromatic amines is 1. The monoisotopic (exact) mass is 253 g/mol. The maximum atomic E-state index is 12.0. The number of nitrogens with zero attached hydrogens (tertiary/aromatic N) is 1. The summed E-state index contributed by atoms with van der Waals surface area (Å²) in [7, 11) is 0. The molecule has 0 fully saturated rings. The first-order chi connectivity index (χ1) is 8.65. The van der Waals surface area contributed by atoms with Crippen LogP contribution >= 0.6 is 0 Å². The van der Waals surface area contributed by atoms with E-state index in [9.17, 15) is 13.6 Å². The van der Waals surface area contributed by atoms with Gasteiger partial charge in [0.25, 0.3) is 5.91 Å². The van der Waals surface area contributed by atoms with Crippen molar-refractivity contribution in [3.8, 4) is 5.75 Å². The van der Waals surface area contributed by atoms with Gasteiger partial charge in [0.2, 0.25) is 0 Å². The number of carbonyl (C=O) groups is 1. The van der Waals surface area contributed by atoms with Crippen LogP contribution in [0.4, 0.5) is 14.6 Å². The van der Waals surface area contributed by atoms with E-state index in [1.165, 1.54) is 30.5 Å². The Labute approximate surface area is 101 Å².